The molecule has 2 amide bonds. The monoisotopic (exact) mass is 316 g/mol. The van der Waals surface area contributed by atoms with Gasteiger partial charge in [-0.25, -0.2) is 9.18 Å². The summed E-state index contributed by atoms with van der Waals surface area (Å²) in [6.07, 6.45) is -0.876. The molecule has 1 aromatic carbocycles. The molecule has 22 heavy (non-hydrogen) atoms. The standard InChI is InChI=1S/C15H16F4N2O/c16-11-5-3-4-10-12(11)21(9-14(10)6-1-2-7-14)13(22)20-8-15(17,18)19/h3-5H,1-2,6-9H2,(H,20,22). The Bertz CT molecular complexity index is 594. The Balaban J connectivity index is 1.90. The van der Waals surface area contributed by atoms with Crippen LogP contribution in [0.25, 0.3) is 0 Å². The number of amides is 2. The van der Waals surface area contributed by atoms with Gasteiger partial charge in [-0.2, -0.15) is 13.2 Å². The third-order valence-corrected chi connectivity index (χ3v) is 4.53. The van der Waals surface area contributed by atoms with Gasteiger partial charge in [-0.15, -0.1) is 0 Å². The van der Waals surface area contributed by atoms with Crippen LogP contribution in [0.2, 0.25) is 0 Å². The van der Waals surface area contributed by atoms with Crippen LogP contribution >= 0.6 is 0 Å². The lowest BCUT2D eigenvalue weighted by atomic mass is 9.81. The van der Waals surface area contributed by atoms with Gasteiger partial charge in [-0.05, 0) is 24.5 Å². The van der Waals surface area contributed by atoms with Gasteiger partial charge in [0.15, 0.2) is 0 Å². The number of hydrogen-bond acceptors (Lipinski definition) is 1. The van der Waals surface area contributed by atoms with E-state index in [-0.39, 0.29) is 17.6 Å². The Labute approximate surface area is 125 Å². The minimum atomic E-state index is -4.49. The second-order valence-electron chi connectivity index (χ2n) is 5.98. The molecule has 7 heteroatoms. The van der Waals surface area contributed by atoms with Gasteiger partial charge in [0.25, 0.3) is 0 Å². The molecule has 1 heterocycles. The number of anilines is 1. The average molecular weight is 316 g/mol. The van der Waals surface area contributed by atoms with E-state index in [0.29, 0.717) is 0 Å². The summed E-state index contributed by atoms with van der Waals surface area (Å²) in [5.74, 6) is -0.566. The quantitative estimate of drug-likeness (QED) is 0.787. The zero-order valence-electron chi connectivity index (χ0n) is 11.8. The van der Waals surface area contributed by atoms with Crippen LogP contribution in [-0.2, 0) is 5.41 Å². The lowest BCUT2D eigenvalue weighted by molar-refractivity contribution is -0.122. The first-order valence-electron chi connectivity index (χ1n) is 7.24. The second-order valence-corrected chi connectivity index (χ2v) is 5.98. The van der Waals surface area contributed by atoms with Crippen molar-refractivity contribution >= 4 is 11.7 Å². The van der Waals surface area contributed by atoms with Gasteiger partial charge in [-0.1, -0.05) is 25.0 Å². The van der Waals surface area contributed by atoms with Crippen molar-refractivity contribution < 1.29 is 22.4 Å². The number of urea groups is 1. The van der Waals surface area contributed by atoms with Crippen LogP contribution in [0.1, 0.15) is 31.2 Å². The molecule has 120 valence electrons. The molecule has 1 fully saturated rings. The number of para-hydroxylation sites is 1. The first-order valence-corrected chi connectivity index (χ1v) is 7.24. The van der Waals surface area contributed by atoms with E-state index in [1.54, 1.807) is 12.1 Å². The van der Waals surface area contributed by atoms with Crippen molar-refractivity contribution in [1.29, 1.82) is 0 Å². The molecule has 0 aromatic heterocycles. The smallest absolute Gasteiger partial charge is 0.329 e. The number of hydrogen-bond donors (Lipinski definition) is 1. The minimum Gasteiger partial charge on any atom is -0.329 e. The van der Waals surface area contributed by atoms with Crippen LogP contribution in [0, 0.1) is 5.82 Å². The lowest BCUT2D eigenvalue weighted by Gasteiger charge is -2.24. The summed E-state index contributed by atoms with van der Waals surface area (Å²) in [4.78, 5) is 13.2. The number of nitrogens with zero attached hydrogens (tertiary/aromatic N) is 1. The van der Waals surface area contributed by atoms with Crippen molar-refractivity contribution in [3.8, 4) is 0 Å². The molecule has 3 rings (SSSR count). The Morgan fingerprint density at radius 2 is 1.95 bits per heavy atom. The first kappa shape index (κ1) is 15.1. The summed E-state index contributed by atoms with van der Waals surface area (Å²) in [5.41, 5.74) is 0.559. The zero-order chi connectivity index (χ0) is 16.0. The average Bonchev–Trinajstić information content (AvgIpc) is 3.04. The fourth-order valence-corrected chi connectivity index (χ4v) is 3.61. The maximum Gasteiger partial charge on any atom is 0.405 e. The molecule has 1 spiro atoms. The molecule has 0 bridgehead atoms. The van der Waals surface area contributed by atoms with Gasteiger partial charge in [-0.3, -0.25) is 4.90 Å². The highest BCUT2D eigenvalue weighted by molar-refractivity contribution is 5.95. The van der Waals surface area contributed by atoms with Crippen molar-refractivity contribution in [2.75, 3.05) is 18.0 Å². The molecular weight excluding hydrogens is 300 g/mol. The summed E-state index contributed by atoms with van der Waals surface area (Å²) in [5, 5.41) is 1.83. The molecular formula is C15H16F4N2O. The van der Waals surface area contributed by atoms with Crippen LogP contribution < -0.4 is 10.2 Å². The van der Waals surface area contributed by atoms with E-state index in [0.717, 1.165) is 36.1 Å². The lowest BCUT2D eigenvalue weighted by Crippen LogP contribution is -2.45. The third-order valence-electron chi connectivity index (χ3n) is 4.53. The Hall–Kier alpha value is -1.79. The molecule has 1 N–H and O–H groups in total. The number of benzene rings is 1. The molecule has 0 radical (unpaired) electrons. The number of carbonyl (C=O) groups is 1. The molecule has 1 saturated carbocycles. The summed E-state index contributed by atoms with van der Waals surface area (Å²) >= 11 is 0. The van der Waals surface area contributed by atoms with Crippen molar-refractivity contribution in [2.24, 2.45) is 0 Å². The Morgan fingerprint density at radius 1 is 1.27 bits per heavy atom. The second kappa shape index (κ2) is 5.14. The predicted octanol–water partition coefficient (Wildman–Crippen LogP) is 3.73. The largest absolute Gasteiger partial charge is 0.405 e. The Morgan fingerprint density at radius 3 is 2.59 bits per heavy atom. The van der Waals surface area contributed by atoms with Gasteiger partial charge in [0.05, 0.1) is 5.69 Å². The molecule has 3 nitrogen and oxygen atoms in total. The van der Waals surface area contributed by atoms with E-state index in [4.69, 9.17) is 0 Å². The molecule has 1 aliphatic heterocycles. The SMILES string of the molecule is O=C(NCC(F)(F)F)N1CC2(CCCC2)c2cccc(F)c21. The predicted molar refractivity (Wildman–Crippen MR) is 73.3 cm³/mol. The van der Waals surface area contributed by atoms with E-state index >= 15 is 0 Å². The number of nitrogens with one attached hydrogen (secondary N) is 1. The highest BCUT2D eigenvalue weighted by atomic mass is 19.4. The highest BCUT2D eigenvalue weighted by Crippen LogP contribution is 2.51. The molecule has 0 atom stereocenters. The fourth-order valence-electron chi connectivity index (χ4n) is 3.61. The summed E-state index contributed by atoms with van der Waals surface area (Å²) in [6.45, 7) is -1.17. The van der Waals surface area contributed by atoms with Crippen LogP contribution in [0.3, 0.4) is 0 Å². The van der Waals surface area contributed by atoms with E-state index in [9.17, 15) is 22.4 Å². The topological polar surface area (TPSA) is 32.3 Å². The maximum absolute atomic E-state index is 14.2. The van der Waals surface area contributed by atoms with Crippen LogP contribution in [0.15, 0.2) is 18.2 Å². The van der Waals surface area contributed by atoms with E-state index < -0.39 is 24.6 Å². The van der Waals surface area contributed by atoms with Gasteiger partial charge in [0.1, 0.15) is 12.4 Å². The molecule has 2 aliphatic rings. The molecule has 1 aliphatic carbocycles. The number of rotatable bonds is 1. The fraction of sp³-hybridized carbons (Fsp3) is 0.533. The van der Waals surface area contributed by atoms with Gasteiger partial charge >= 0.3 is 12.2 Å². The minimum absolute atomic E-state index is 0.129. The summed E-state index contributed by atoms with van der Waals surface area (Å²) in [6, 6.07) is 3.70. The third kappa shape index (κ3) is 2.53. The number of halogens is 4. The molecule has 0 saturated heterocycles. The van der Waals surface area contributed by atoms with E-state index in [1.807, 2.05) is 5.32 Å². The molecule has 0 unspecified atom stereocenters. The number of carbonyl (C=O) groups excluding carboxylic acids is 1. The van der Waals surface area contributed by atoms with Crippen molar-refractivity contribution in [1.82, 2.24) is 5.32 Å². The summed E-state index contributed by atoms with van der Waals surface area (Å²) < 4.78 is 51.0. The number of alkyl halides is 3. The van der Waals surface area contributed by atoms with Gasteiger partial charge in [0.2, 0.25) is 0 Å². The summed E-state index contributed by atoms with van der Waals surface area (Å²) in [7, 11) is 0. The van der Waals surface area contributed by atoms with Crippen LogP contribution in [0.4, 0.5) is 28.0 Å². The van der Waals surface area contributed by atoms with Crippen molar-refractivity contribution in [2.45, 2.75) is 37.3 Å². The first-order chi connectivity index (χ1) is 10.3. The van der Waals surface area contributed by atoms with E-state index in [2.05, 4.69) is 0 Å². The normalized spacial score (nSPS) is 19.5. The zero-order valence-corrected chi connectivity index (χ0v) is 11.8. The maximum atomic E-state index is 14.2. The van der Waals surface area contributed by atoms with Crippen molar-refractivity contribution in [3.05, 3.63) is 29.6 Å². The number of fused-ring (bicyclic) bond motifs is 2. The van der Waals surface area contributed by atoms with Crippen LogP contribution in [-0.4, -0.2) is 25.3 Å². The van der Waals surface area contributed by atoms with Crippen LogP contribution in [0.5, 0.6) is 0 Å². The van der Waals surface area contributed by atoms with Gasteiger partial charge in [0, 0.05) is 12.0 Å². The molecule has 1 aromatic rings. The van der Waals surface area contributed by atoms with Crippen molar-refractivity contribution in [3.63, 3.8) is 0 Å². The Kier molecular flexibility index (Phi) is 3.53. The highest BCUT2D eigenvalue weighted by Gasteiger charge is 2.47. The van der Waals surface area contributed by atoms with E-state index in [1.165, 1.54) is 6.07 Å². The van der Waals surface area contributed by atoms with Gasteiger partial charge < -0.3 is 5.32 Å².